The largest absolute Gasteiger partial charge is 0.443 e. The van der Waals surface area contributed by atoms with Crippen LogP contribution < -0.4 is 0 Å². The van der Waals surface area contributed by atoms with Crippen LogP contribution in [0.3, 0.4) is 0 Å². The Morgan fingerprint density at radius 3 is 2.45 bits per heavy atom. The number of halogens is 4. The molecule has 0 spiro atoms. The van der Waals surface area contributed by atoms with E-state index >= 15 is 0 Å². The van der Waals surface area contributed by atoms with Crippen LogP contribution in [0.25, 0.3) is 0 Å². The SMILES string of the molecule is O=C(CSc1ccc(F)cc1)c1cnc(C(F)(F)F)s1. The standard InChI is InChI=1S/C12H7F4NOS2/c13-7-1-3-8(4-2-7)19-6-9(18)10-5-17-11(20-10)12(14,15)16/h1-5H,6H2. The van der Waals surface area contributed by atoms with Gasteiger partial charge in [-0.1, -0.05) is 0 Å². The van der Waals surface area contributed by atoms with Crippen molar-refractivity contribution in [1.29, 1.82) is 0 Å². The summed E-state index contributed by atoms with van der Waals surface area (Å²) in [6.45, 7) is 0. The predicted molar refractivity (Wildman–Crippen MR) is 68.6 cm³/mol. The van der Waals surface area contributed by atoms with E-state index in [0.717, 1.165) is 18.0 Å². The molecule has 0 aliphatic rings. The molecule has 0 aliphatic carbocycles. The van der Waals surface area contributed by atoms with Crippen LogP contribution in [0.2, 0.25) is 0 Å². The number of thioether (sulfide) groups is 1. The Morgan fingerprint density at radius 1 is 1.25 bits per heavy atom. The molecule has 0 amide bonds. The third kappa shape index (κ3) is 3.80. The number of carbonyl (C=O) groups is 1. The number of hydrogen-bond donors (Lipinski definition) is 0. The first-order valence-corrected chi connectivity index (χ1v) is 7.11. The first kappa shape index (κ1) is 15.0. The van der Waals surface area contributed by atoms with Crippen LogP contribution in [0.1, 0.15) is 14.7 Å². The summed E-state index contributed by atoms with van der Waals surface area (Å²) in [5, 5.41) is -1.03. The molecule has 2 nitrogen and oxygen atoms in total. The Bertz CT molecular complexity index is 607. The van der Waals surface area contributed by atoms with E-state index < -0.39 is 22.8 Å². The summed E-state index contributed by atoms with van der Waals surface area (Å²) in [7, 11) is 0. The van der Waals surface area contributed by atoms with Crippen molar-refractivity contribution >= 4 is 28.9 Å². The normalized spacial score (nSPS) is 11.6. The molecule has 2 rings (SSSR count). The minimum absolute atomic E-state index is 0.0227. The predicted octanol–water partition coefficient (Wildman–Crippen LogP) is 4.28. The van der Waals surface area contributed by atoms with E-state index in [1.165, 1.54) is 24.3 Å². The van der Waals surface area contributed by atoms with Gasteiger partial charge in [-0.05, 0) is 24.3 Å². The molecule has 0 fully saturated rings. The van der Waals surface area contributed by atoms with Gasteiger partial charge in [0.05, 0.1) is 10.6 Å². The second-order valence-electron chi connectivity index (χ2n) is 3.69. The molecule has 8 heteroatoms. The van der Waals surface area contributed by atoms with E-state index in [2.05, 4.69) is 4.98 Å². The van der Waals surface area contributed by atoms with Crippen LogP contribution in [0, 0.1) is 5.82 Å². The zero-order valence-electron chi connectivity index (χ0n) is 9.78. The number of Topliss-reactive ketones (excluding diaryl/α,β-unsaturated/α-hetero) is 1. The number of rotatable bonds is 4. The van der Waals surface area contributed by atoms with E-state index in [1.807, 2.05) is 0 Å². The number of nitrogens with zero attached hydrogens (tertiary/aromatic N) is 1. The van der Waals surface area contributed by atoms with E-state index in [1.54, 1.807) is 0 Å². The van der Waals surface area contributed by atoms with Crippen molar-refractivity contribution in [1.82, 2.24) is 4.98 Å². The van der Waals surface area contributed by atoms with Gasteiger partial charge in [0, 0.05) is 11.1 Å². The number of hydrogen-bond acceptors (Lipinski definition) is 4. The summed E-state index contributed by atoms with van der Waals surface area (Å²) in [6, 6.07) is 5.50. The summed E-state index contributed by atoms with van der Waals surface area (Å²) in [4.78, 5) is 15.6. The number of aromatic nitrogens is 1. The molecule has 1 aromatic heterocycles. The van der Waals surface area contributed by atoms with E-state index in [0.29, 0.717) is 16.2 Å². The molecule has 0 bridgehead atoms. The Kier molecular flexibility index (Phi) is 4.44. The first-order chi connectivity index (χ1) is 9.36. The molecule has 0 radical (unpaired) electrons. The summed E-state index contributed by atoms with van der Waals surface area (Å²) in [6.07, 6.45) is -3.60. The fourth-order valence-corrected chi connectivity index (χ4v) is 2.88. The van der Waals surface area contributed by atoms with Gasteiger partial charge < -0.3 is 0 Å². The Hall–Kier alpha value is -1.41. The lowest BCUT2D eigenvalue weighted by molar-refractivity contribution is -0.137. The van der Waals surface area contributed by atoms with Gasteiger partial charge in [0.25, 0.3) is 0 Å². The van der Waals surface area contributed by atoms with Gasteiger partial charge in [0.2, 0.25) is 0 Å². The lowest BCUT2D eigenvalue weighted by atomic mass is 10.3. The zero-order valence-corrected chi connectivity index (χ0v) is 11.4. The Balaban J connectivity index is 1.98. The second-order valence-corrected chi connectivity index (χ2v) is 5.77. The van der Waals surface area contributed by atoms with Crippen molar-refractivity contribution in [3.8, 4) is 0 Å². The average Bonchev–Trinajstić information content (AvgIpc) is 2.87. The molecule has 1 heterocycles. The minimum Gasteiger partial charge on any atom is -0.292 e. The highest BCUT2D eigenvalue weighted by Gasteiger charge is 2.35. The van der Waals surface area contributed by atoms with Crippen molar-refractivity contribution in [2.24, 2.45) is 0 Å². The van der Waals surface area contributed by atoms with E-state index in [9.17, 15) is 22.4 Å². The Labute approximate surface area is 119 Å². The number of carbonyl (C=O) groups excluding carboxylic acids is 1. The van der Waals surface area contributed by atoms with Gasteiger partial charge in [-0.25, -0.2) is 9.37 Å². The zero-order chi connectivity index (χ0) is 14.8. The summed E-state index contributed by atoms with van der Waals surface area (Å²) in [5.41, 5.74) is 0. The molecule has 0 unspecified atom stereocenters. The van der Waals surface area contributed by atoms with E-state index in [4.69, 9.17) is 0 Å². The molecule has 0 saturated heterocycles. The van der Waals surface area contributed by atoms with Crippen LogP contribution in [0.4, 0.5) is 17.6 Å². The third-order valence-corrected chi connectivity index (χ3v) is 4.30. The maximum absolute atomic E-state index is 12.7. The molecular formula is C12H7F4NOS2. The van der Waals surface area contributed by atoms with Gasteiger partial charge in [0.1, 0.15) is 5.82 Å². The number of alkyl halides is 3. The lowest BCUT2D eigenvalue weighted by Gasteiger charge is -2.00. The molecule has 0 aliphatic heterocycles. The quantitative estimate of drug-likeness (QED) is 0.478. The van der Waals surface area contributed by atoms with Gasteiger partial charge in [0.15, 0.2) is 10.8 Å². The van der Waals surface area contributed by atoms with Crippen molar-refractivity contribution in [2.75, 3.05) is 5.75 Å². The molecule has 106 valence electrons. The maximum Gasteiger partial charge on any atom is 0.443 e. The van der Waals surface area contributed by atoms with Crippen molar-refractivity contribution in [3.05, 3.63) is 46.2 Å². The Morgan fingerprint density at radius 2 is 1.90 bits per heavy atom. The molecule has 1 aromatic carbocycles. The summed E-state index contributed by atoms with van der Waals surface area (Å²) >= 11 is 1.46. The average molecular weight is 321 g/mol. The highest BCUT2D eigenvalue weighted by atomic mass is 32.2. The molecule has 20 heavy (non-hydrogen) atoms. The monoisotopic (exact) mass is 321 g/mol. The molecular weight excluding hydrogens is 314 g/mol. The second kappa shape index (κ2) is 5.92. The first-order valence-electron chi connectivity index (χ1n) is 5.31. The molecule has 2 aromatic rings. The van der Waals surface area contributed by atoms with Gasteiger partial charge in [-0.3, -0.25) is 4.79 Å². The van der Waals surface area contributed by atoms with Gasteiger partial charge in [-0.2, -0.15) is 13.2 Å². The van der Waals surface area contributed by atoms with Crippen LogP contribution in [-0.4, -0.2) is 16.5 Å². The highest BCUT2D eigenvalue weighted by Crippen LogP contribution is 2.33. The van der Waals surface area contributed by atoms with Crippen molar-refractivity contribution < 1.29 is 22.4 Å². The van der Waals surface area contributed by atoms with Gasteiger partial charge >= 0.3 is 6.18 Å². The fraction of sp³-hybridized carbons (Fsp3) is 0.167. The highest BCUT2D eigenvalue weighted by molar-refractivity contribution is 8.00. The lowest BCUT2D eigenvalue weighted by Crippen LogP contribution is -2.03. The molecule has 0 N–H and O–H groups in total. The summed E-state index contributed by atoms with van der Waals surface area (Å²) in [5.74, 6) is -0.851. The maximum atomic E-state index is 12.7. The van der Waals surface area contributed by atoms with Crippen LogP contribution in [0.15, 0.2) is 35.4 Å². The number of ketones is 1. The summed E-state index contributed by atoms with van der Waals surface area (Å²) < 4.78 is 49.7. The molecule has 0 saturated carbocycles. The van der Waals surface area contributed by atoms with Crippen LogP contribution in [0.5, 0.6) is 0 Å². The smallest absolute Gasteiger partial charge is 0.292 e. The minimum atomic E-state index is -4.53. The van der Waals surface area contributed by atoms with Crippen LogP contribution in [-0.2, 0) is 6.18 Å². The van der Waals surface area contributed by atoms with E-state index in [-0.39, 0.29) is 10.6 Å². The van der Waals surface area contributed by atoms with Crippen molar-refractivity contribution in [2.45, 2.75) is 11.1 Å². The molecule has 0 atom stereocenters. The number of thiazole rings is 1. The fourth-order valence-electron chi connectivity index (χ4n) is 1.28. The van der Waals surface area contributed by atoms with Crippen LogP contribution >= 0.6 is 23.1 Å². The topological polar surface area (TPSA) is 30.0 Å². The van der Waals surface area contributed by atoms with Gasteiger partial charge in [-0.15, -0.1) is 23.1 Å². The third-order valence-electron chi connectivity index (χ3n) is 2.21. The number of benzene rings is 1. The van der Waals surface area contributed by atoms with Crippen molar-refractivity contribution in [3.63, 3.8) is 0 Å².